The number of thioether (sulfide) groups is 1. The highest BCUT2D eigenvalue weighted by molar-refractivity contribution is 7.98. The highest BCUT2D eigenvalue weighted by Gasteiger charge is 2.25. The molecule has 0 spiro atoms. The summed E-state index contributed by atoms with van der Waals surface area (Å²) in [6.45, 7) is 6.07. The maximum Gasteiger partial charge on any atom is 0.329 e. The Morgan fingerprint density at radius 2 is 2.00 bits per heavy atom. The van der Waals surface area contributed by atoms with Crippen molar-refractivity contribution >= 4 is 23.6 Å². The molecule has 2 rings (SSSR count). The van der Waals surface area contributed by atoms with Crippen LogP contribution in [-0.2, 0) is 15.3 Å². The first-order chi connectivity index (χ1) is 13.9. The van der Waals surface area contributed by atoms with E-state index in [-0.39, 0.29) is 18.3 Å². The molecule has 0 bridgehead atoms. The van der Waals surface area contributed by atoms with E-state index in [1.807, 2.05) is 44.2 Å². The van der Waals surface area contributed by atoms with Crippen molar-refractivity contribution in [1.29, 1.82) is 0 Å². The minimum Gasteiger partial charge on any atom is -0.464 e. The summed E-state index contributed by atoms with van der Waals surface area (Å²) in [5.74, 6) is 0.845. The number of carbonyl (C=O) groups is 2. The molecule has 158 valence electrons. The van der Waals surface area contributed by atoms with E-state index in [1.54, 1.807) is 18.7 Å². The standard InChI is InChI=1S/C21H29N3O4S/c1-4-27-21(26)18(13-29-12-15-8-6-5-7-9-15)23-19(25)17-11-28-20(24-17)16(22)10-14(2)3/h5-9,11,14,16,18H,4,10,12-13,22H2,1-3H3,(H,23,25). The van der Waals surface area contributed by atoms with Crippen molar-refractivity contribution in [2.75, 3.05) is 12.4 Å². The molecule has 3 N–H and O–H groups in total. The van der Waals surface area contributed by atoms with E-state index in [1.165, 1.54) is 6.26 Å². The first-order valence-corrected chi connectivity index (χ1v) is 10.9. The van der Waals surface area contributed by atoms with Crippen molar-refractivity contribution in [3.05, 3.63) is 53.7 Å². The van der Waals surface area contributed by atoms with Crippen molar-refractivity contribution in [2.45, 2.75) is 45.0 Å². The molecule has 1 aromatic carbocycles. The fourth-order valence-electron chi connectivity index (χ4n) is 2.68. The minimum atomic E-state index is -0.777. The van der Waals surface area contributed by atoms with Crippen LogP contribution in [0.3, 0.4) is 0 Å². The molecular formula is C21H29N3O4S. The largest absolute Gasteiger partial charge is 0.464 e. The molecule has 1 aromatic heterocycles. The number of benzene rings is 1. The minimum absolute atomic E-state index is 0.0987. The van der Waals surface area contributed by atoms with Gasteiger partial charge in [-0.3, -0.25) is 4.79 Å². The Bertz CT molecular complexity index is 779. The van der Waals surface area contributed by atoms with Gasteiger partial charge in [-0.2, -0.15) is 11.8 Å². The summed E-state index contributed by atoms with van der Waals surface area (Å²) >= 11 is 1.54. The number of aromatic nitrogens is 1. The number of carbonyl (C=O) groups excluding carboxylic acids is 2. The zero-order valence-electron chi connectivity index (χ0n) is 17.1. The molecule has 0 saturated heterocycles. The summed E-state index contributed by atoms with van der Waals surface area (Å²) < 4.78 is 10.5. The van der Waals surface area contributed by atoms with Gasteiger partial charge in [0, 0.05) is 11.5 Å². The Morgan fingerprint density at radius 1 is 1.28 bits per heavy atom. The SMILES string of the molecule is CCOC(=O)C(CSCc1ccccc1)NC(=O)c1coc(C(N)CC(C)C)n1. The van der Waals surface area contributed by atoms with E-state index in [4.69, 9.17) is 14.9 Å². The lowest BCUT2D eigenvalue weighted by molar-refractivity contribution is -0.144. The second-order valence-electron chi connectivity index (χ2n) is 7.09. The number of oxazole rings is 1. The van der Waals surface area contributed by atoms with E-state index >= 15 is 0 Å². The van der Waals surface area contributed by atoms with Gasteiger partial charge in [0.05, 0.1) is 12.6 Å². The molecule has 0 aliphatic carbocycles. The van der Waals surface area contributed by atoms with Gasteiger partial charge >= 0.3 is 5.97 Å². The number of ether oxygens (including phenoxy) is 1. The Kier molecular flexibility index (Phi) is 9.21. The Balaban J connectivity index is 1.97. The molecule has 2 unspecified atom stereocenters. The summed E-state index contributed by atoms with van der Waals surface area (Å²) in [4.78, 5) is 29.0. The molecule has 2 aromatic rings. The van der Waals surface area contributed by atoms with E-state index in [0.29, 0.717) is 24.0 Å². The molecule has 8 heteroatoms. The van der Waals surface area contributed by atoms with E-state index in [9.17, 15) is 9.59 Å². The van der Waals surface area contributed by atoms with E-state index < -0.39 is 17.9 Å². The third kappa shape index (κ3) is 7.55. The van der Waals surface area contributed by atoms with Crippen LogP contribution in [0.2, 0.25) is 0 Å². The van der Waals surface area contributed by atoms with Gasteiger partial charge in [-0.1, -0.05) is 44.2 Å². The van der Waals surface area contributed by atoms with Crippen molar-refractivity contribution in [3.63, 3.8) is 0 Å². The zero-order valence-corrected chi connectivity index (χ0v) is 17.9. The third-order valence-electron chi connectivity index (χ3n) is 4.07. The summed E-state index contributed by atoms with van der Waals surface area (Å²) in [7, 11) is 0. The lowest BCUT2D eigenvalue weighted by Gasteiger charge is -2.16. The fraction of sp³-hybridized carbons (Fsp3) is 0.476. The second-order valence-corrected chi connectivity index (χ2v) is 8.12. The molecule has 1 amide bonds. The number of nitrogens with zero attached hydrogens (tertiary/aromatic N) is 1. The van der Waals surface area contributed by atoms with Crippen LogP contribution >= 0.6 is 11.8 Å². The van der Waals surface area contributed by atoms with Gasteiger partial charge < -0.3 is 20.2 Å². The smallest absolute Gasteiger partial charge is 0.329 e. The average Bonchev–Trinajstić information content (AvgIpc) is 3.18. The molecular weight excluding hydrogens is 390 g/mol. The number of hydrogen-bond acceptors (Lipinski definition) is 7. The van der Waals surface area contributed by atoms with Gasteiger partial charge in [0.2, 0.25) is 5.89 Å². The van der Waals surface area contributed by atoms with Crippen LogP contribution in [-0.4, -0.2) is 35.3 Å². The van der Waals surface area contributed by atoms with E-state index in [0.717, 1.165) is 11.3 Å². The number of hydrogen-bond donors (Lipinski definition) is 2. The molecule has 0 aliphatic rings. The Labute approximate surface area is 175 Å². The van der Waals surface area contributed by atoms with Crippen LogP contribution in [0.4, 0.5) is 0 Å². The van der Waals surface area contributed by atoms with Crippen LogP contribution in [0, 0.1) is 5.92 Å². The van der Waals surface area contributed by atoms with Crippen LogP contribution in [0.15, 0.2) is 41.0 Å². The molecule has 1 heterocycles. The first-order valence-electron chi connectivity index (χ1n) is 9.70. The zero-order chi connectivity index (χ0) is 21.2. The predicted octanol–water partition coefficient (Wildman–Crippen LogP) is 3.32. The molecule has 2 atom stereocenters. The van der Waals surface area contributed by atoms with Gasteiger partial charge in [0.25, 0.3) is 5.91 Å². The second kappa shape index (κ2) is 11.6. The highest BCUT2D eigenvalue weighted by atomic mass is 32.2. The van der Waals surface area contributed by atoms with Crippen molar-refractivity contribution in [1.82, 2.24) is 10.3 Å². The predicted molar refractivity (Wildman–Crippen MR) is 113 cm³/mol. The molecule has 29 heavy (non-hydrogen) atoms. The normalized spacial score (nSPS) is 13.1. The van der Waals surface area contributed by atoms with Gasteiger partial charge in [-0.25, -0.2) is 9.78 Å². The quantitative estimate of drug-likeness (QED) is 0.538. The Morgan fingerprint density at radius 3 is 2.66 bits per heavy atom. The average molecular weight is 420 g/mol. The maximum absolute atomic E-state index is 12.6. The van der Waals surface area contributed by atoms with Crippen LogP contribution in [0.1, 0.15) is 55.2 Å². The summed E-state index contributed by atoms with van der Waals surface area (Å²) in [6, 6.07) is 8.76. The topological polar surface area (TPSA) is 107 Å². The number of nitrogens with two attached hydrogens (primary N) is 1. The number of esters is 1. The van der Waals surface area contributed by atoms with Gasteiger partial charge in [0.1, 0.15) is 12.3 Å². The van der Waals surface area contributed by atoms with Crippen LogP contribution in [0.25, 0.3) is 0 Å². The van der Waals surface area contributed by atoms with Crippen LogP contribution in [0.5, 0.6) is 0 Å². The third-order valence-corrected chi connectivity index (χ3v) is 5.18. The molecule has 0 saturated carbocycles. The molecule has 0 fully saturated rings. The van der Waals surface area contributed by atoms with E-state index in [2.05, 4.69) is 10.3 Å². The number of amides is 1. The summed E-state index contributed by atoms with van der Waals surface area (Å²) in [5, 5.41) is 2.70. The van der Waals surface area contributed by atoms with Crippen molar-refractivity contribution in [2.24, 2.45) is 11.7 Å². The van der Waals surface area contributed by atoms with Crippen molar-refractivity contribution < 1.29 is 18.7 Å². The highest BCUT2D eigenvalue weighted by Crippen LogP contribution is 2.18. The number of rotatable bonds is 11. The molecule has 0 aliphatic heterocycles. The van der Waals surface area contributed by atoms with Crippen LogP contribution < -0.4 is 11.1 Å². The first kappa shape index (κ1) is 23.0. The van der Waals surface area contributed by atoms with Gasteiger partial charge in [-0.15, -0.1) is 0 Å². The maximum atomic E-state index is 12.6. The fourth-order valence-corrected chi connectivity index (χ4v) is 3.68. The number of nitrogens with one attached hydrogen (secondary N) is 1. The molecule has 7 nitrogen and oxygen atoms in total. The van der Waals surface area contributed by atoms with Gasteiger partial charge in [-0.05, 0) is 24.8 Å². The van der Waals surface area contributed by atoms with Crippen molar-refractivity contribution in [3.8, 4) is 0 Å². The summed E-state index contributed by atoms with van der Waals surface area (Å²) in [6.07, 6.45) is 1.97. The van der Waals surface area contributed by atoms with Gasteiger partial charge in [0.15, 0.2) is 5.69 Å². The molecule has 0 radical (unpaired) electrons. The lowest BCUT2D eigenvalue weighted by atomic mass is 10.0. The lowest BCUT2D eigenvalue weighted by Crippen LogP contribution is -2.43. The summed E-state index contributed by atoms with van der Waals surface area (Å²) in [5.41, 5.74) is 7.30. The Hall–Kier alpha value is -2.32. The monoisotopic (exact) mass is 419 g/mol.